The van der Waals surface area contributed by atoms with E-state index in [2.05, 4.69) is 15.5 Å². The van der Waals surface area contributed by atoms with Gasteiger partial charge < -0.3 is 14.7 Å². The summed E-state index contributed by atoms with van der Waals surface area (Å²) in [6.45, 7) is 2.56. The molecule has 4 rings (SSSR count). The average molecular weight is 415 g/mol. The van der Waals surface area contributed by atoms with Crippen molar-refractivity contribution in [3.05, 3.63) is 64.8 Å². The Morgan fingerprint density at radius 2 is 2.14 bits per heavy atom. The van der Waals surface area contributed by atoms with E-state index in [9.17, 15) is 9.18 Å². The molecule has 0 saturated carbocycles. The topological polar surface area (TPSA) is 71.3 Å². The molecule has 29 heavy (non-hydrogen) atoms. The first-order valence-electron chi connectivity index (χ1n) is 9.44. The molecule has 1 atom stereocenters. The van der Waals surface area contributed by atoms with Gasteiger partial charge in [0.15, 0.2) is 0 Å². The van der Waals surface area contributed by atoms with Crippen LogP contribution in [0.4, 0.5) is 14.9 Å². The van der Waals surface area contributed by atoms with Gasteiger partial charge in [0.2, 0.25) is 11.7 Å². The second-order valence-corrected chi connectivity index (χ2v) is 7.50. The monoisotopic (exact) mass is 414 g/mol. The molecular formula is C21H20ClFN4O2. The molecule has 150 valence electrons. The van der Waals surface area contributed by atoms with Crippen molar-refractivity contribution in [2.75, 3.05) is 11.9 Å². The Balaban J connectivity index is 1.54. The van der Waals surface area contributed by atoms with E-state index >= 15 is 0 Å². The molecule has 1 aliphatic rings. The Morgan fingerprint density at radius 1 is 1.28 bits per heavy atom. The lowest BCUT2D eigenvalue weighted by atomic mass is 10.0. The number of hydrogen-bond donors (Lipinski definition) is 1. The number of urea groups is 1. The highest BCUT2D eigenvalue weighted by molar-refractivity contribution is 6.31. The fourth-order valence-electron chi connectivity index (χ4n) is 3.47. The second-order valence-electron chi connectivity index (χ2n) is 7.09. The van der Waals surface area contributed by atoms with Gasteiger partial charge in [-0.05, 0) is 50.5 Å². The van der Waals surface area contributed by atoms with E-state index in [1.165, 1.54) is 18.2 Å². The van der Waals surface area contributed by atoms with E-state index in [4.69, 9.17) is 16.1 Å². The summed E-state index contributed by atoms with van der Waals surface area (Å²) in [6, 6.07) is 11.3. The van der Waals surface area contributed by atoms with Crippen molar-refractivity contribution in [3.8, 4) is 11.4 Å². The van der Waals surface area contributed by atoms with E-state index in [-0.39, 0.29) is 17.1 Å². The van der Waals surface area contributed by atoms with Crippen LogP contribution >= 0.6 is 11.6 Å². The van der Waals surface area contributed by atoms with Crippen LogP contribution in [-0.4, -0.2) is 27.6 Å². The molecule has 0 spiro atoms. The Kier molecular flexibility index (Phi) is 5.49. The highest BCUT2D eigenvalue weighted by Crippen LogP contribution is 2.32. The molecule has 6 nitrogen and oxygen atoms in total. The highest BCUT2D eigenvalue weighted by Gasteiger charge is 2.32. The third kappa shape index (κ3) is 4.24. The van der Waals surface area contributed by atoms with Crippen LogP contribution in [0.15, 0.2) is 47.0 Å². The van der Waals surface area contributed by atoms with Gasteiger partial charge in [-0.3, -0.25) is 0 Å². The summed E-state index contributed by atoms with van der Waals surface area (Å²) in [5.41, 5.74) is 2.40. The molecular weight excluding hydrogens is 395 g/mol. The van der Waals surface area contributed by atoms with Crippen LogP contribution in [0.5, 0.6) is 0 Å². The smallest absolute Gasteiger partial charge is 0.322 e. The van der Waals surface area contributed by atoms with Crippen LogP contribution in [0.1, 0.15) is 36.8 Å². The number of piperidine rings is 1. The largest absolute Gasteiger partial charge is 0.337 e. The maximum atomic E-state index is 13.4. The Hall–Kier alpha value is -2.93. The number of aryl methyl sites for hydroxylation is 1. The predicted molar refractivity (Wildman–Crippen MR) is 108 cm³/mol. The summed E-state index contributed by atoms with van der Waals surface area (Å²) in [5.74, 6) is 0.378. The van der Waals surface area contributed by atoms with E-state index in [1.54, 1.807) is 4.90 Å². The third-order valence-electron chi connectivity index (χ3n) is 4.94. The summed E-state index contributed by atoms with van der Waals surface area (Å²) in [6.07, 6.45) is 2.57. The van der Waals surface area contributed by atoms with Crippen molar-refractivity contribution in [1.29, 1.82) is 0 Å². The molecule has 0 bridgehead atoms. The van der Waals surface area contributed by atoms with Crippen molar-refractivity contribution in [2.45, 2.75) is 32.2 Å². The van der Waals surface area contributed by atoms with Gasteiger partial charge in [-0.25, -0.2) is 9.18 Å². The van der Waals surface area contributed by atoms with Gasteiger partial charge in [0, 0.05) is 17.8 Å². The highest BCUT2D eigenvalue weighted by atomic mass is 35.5. The minimum Gasteiger partial charge on any atom is -0.337 e. The number of benzene rings is 2. The fourth-order valence-corrected chi connectivity index (χ4v) is 3.65. The lowest BCUT2D eigenvalue weighted by molar-refractivity contribution is 0.142. The minimum atomic E-state index is -0.532. The number of likely N-dealkylation sites (tertiary alicyclic amines) is 1. The standard InChI is InChI=1S/C21H20ClFN4O2/c1-13-5-4-6-14(11-13)19-25-20(29-26-19)18-7-2-3-10-27(18)21(28)24-15-8-9-17(23)16(22)12-15/h4-6,8-9,11-12,18H,2-3,7,10H2,1H3,(H,24,28). The van der Waals surface area contributed by atoms with E-state index in [0.29, 0.717) is 23.9 Å². The summed E-state index contributed by atoms with van der Waals surface area (Å²) < 4.78 is 18.9. The molecule has 2 aromatic carbocycles. The Labute approximate surface area is 172 Å². The van der Waals surface area contributed by atoms with Crippen molar-refractivity contribution < 1.29 is 13.7 Å². The van der Waals surface area contributed by atoms with Gasteiger partial charge in [0.05, 0.1) is 5.02 Å². The fraction of sp³-hybridized carbons (Fsp3) is 0.286. The van der Waals surface area contributed by atoms with Crippen LogP contribution in [-0.2, 0) is 0 Å². The Bertz CT molecular complexity index is 1040. The molecule has 1 aliphatic heterocycles. The predicted octanol–water partition coefficient (Wildman–Crippen LogP) is 5.60. The molecule has 1 N–H and O–H groups in total. The quantitative estimate of drug-likeness (QED) is 0.605. The number of nitrogens with one attached hydrogen (secondary N) is 1. The van der Waals surface area contributed by atoms with Gasteiger partial charge in [0.25, 0.3) is 0 Å². The number of amides is 2. The molecule has 0 radical (unpaired) electrons. The van der Waals surface area contributed by atoms with Crippen molar-refractivity contribution in [3.63, 3.8) is 0 Å². The summed E-state index contributed by atoms with van der Waals surface area (Å²) in [4.78, 5) is 19.1. The summed E-state index contributed by atoms with van der Waals surface area (Å²) in [5, 5.41) is 6.83. The molecule has 8 heteroatoms. The number of halogens is 2. The van der Waals surface area contributed by atoms with Crippen LogP contribution < -0.4 is 5.32 Å². The number of carbonyl (C=O) groups is 1. The van der Waals surface area contributed by atoms with Gasteiger partial charge in [-0.1, -0.05) is 40.5 Å². The zero-order valence-electron chi connectivity index (χ0n) is 15.9. The van der Waals surface area contributed by atoms with Gasteiger partial charge >= 0.3 is 6.03 Å². The molecule has 1 fully saturated rings. The van der Waals surface area contributed by atoms with E-state index in [0.717, 1.165) is 30.4 Å². The van der Waals surface area contributed by atoms with E-state index < -0.39 is 5.82 Å². The lowest BCUT2D eigenvalue weighted by Crippen LogP contribution is -2.41. The number of nitrogens with zero attached hydrogens (tertiary/aromatic N) is 3. The molecule has 1 unspecified atom stereocenters. The van der Waals surface area contributed by atoms with Gasteiger partial charge in [0.1, 0.15) is 11.9 Å². The molecule has 3 aromatic rings. The van der Waals surface area contributed by atoms with Crippen LogP contribution in [0.2, 0.25) is 5.02 Å². The summed E-state index contributed by atoms with van der Waals surface area (Å²) >= 11 is 5.81. The number of hydrogen-bond acceptors (Lipinski definition) is 4. The second kappa shape index (κ2) is 8.21. The minimum absolute atomic E-state index is 0.0438. The SMILES string of the molecule is Cc1cccc(-c2noc(C3CCCCN3C(=O)Nc3ccc(F)c(Cl)c3)n2)c1. The molecule has 1 aromatic heterocycles. The van der Waals surface area contributed by atoms with Crippen LogP contribution in [0.25, 0.3) is 11.4 Å². The number of rotatable bonds is 3. The number of carbonyl (C=O) groups excluding carboxylic acids is 1. The molecule has 2 amide bonds. The third-order valence-corrected chi connectivity index (χ3v) is 5.23. The maximum Gasteiger partial charge on any atom is 0.322 e. The van der Waals surface area contributed by atoms with Crippen molar-refractivity contribution >= 4 is 23.3 Å². The number of anilines is 1. The van der Waals surface area contributed by atoms with Gasteiger partial charge in [-0.15, -0.1) is 0 Å². The molecule has 1 saturated heterocycles. The molecule has 2 heterocycles. The Morgan fingerprint density at radius 3 is 2.93 bits per heavy atom. The van der Waals surface area contributed by atoms with Crippen LogP contribution in [0.3, 0.4) is 0 Å². The maximum absolute atomic E-state index is 13.4. The zero-order chi connectivity index (χ0) is 20.4. The average Bonchev–Trinajstić information content (AvgIpc) is 3.21. The lowest BCUT2D eigenvalue weighted by Gasteiger charge is -2.33. The van der Waals surface area contributed by atoms with Crippen LogP contribution in [0, 0.1) is 12.7 Å². The molecule has 0 aliphatic carbocycles. The normalized spacial score (nSPS) is 16.7. The zero-order valence-corrected chi connectivity index (χ0v) is 16.6. The van der Waals surface area contributed by atoms with Crippen molar-refractivity contribution in [1.82, 2.24) is 15.0 Å². The number of aromatic nitrogens is 2. The first-order valence-corrected chi connectivity index (χ1v) is 9.82. The first-order chi connectivity index (χ1) is 14.0. The van der Waals surface area contributed by atoms with E-state index in [1.807, 2.05) is 31.2 Å². The van der Waals surface area contributed by atoms with Crippen molar-refractivity contribution in [2.24, 2.45) is 0 Å². The first kappa shape index (κ1) is 19.4. The van der Waals surface area contributed by atoms with Gasteiger partial charge in [-0.2, -0.15) is 4.98 Å². The summed E-state index contributed by atoms with van der Waals surface area (Å²) in [7, 11) is 0.